The maximum Gasteiger partial charge on any atom is 0.241 e. The minimum absolute atomic E-state index is 0.0976. The summed E-state index contributed by atoms with van der Waals surface area (Å²) < 4.78 is 27.4. The molecule has 0 spiro atoms. The van der Waals surface area contributed by atoms with E-state index in [0.29, 0.717) is 16.3 Å². The third-order valence-corrected chi connectivity index (χ3v) is 5.44. The molecule has 4 nitrogen and oxygen atoms in total. The van der Waals surface area contributed by atoms with E-state index in [4.69, 9.17) is 17.3 Å². The van der Waals surface area contributed by atoms with E-state index in [2.05, 4.69) is 4.72 Å². The van der Waals surface area contributed by atoms with Gasteiger partial charge >= 0.3 is 0 Å². The molecule has 0 aliphatic rings. The first-order chi connectivity index (χ1) is 8.81. The summed E-state index contributed by atoms with van der Waals surface area (Å²) in [6.45, 7) is 3.62. The Morgan fingerprint density at radius 1 is 1.47 bits per heavy atom. The number of nitrogens with two attached hydrogens (primary N) is 1. The Morgan fingerprint density at radius 3 is 2.63 bits per heavy atom. The fourth-order valence-corrected chi connectivity index (χ4v) is 4.41. The van der Waals surface area contributed by atoms with Crippen LogP contribution in [-0.2, 0) is 10.0 Å². The fraction of sp³-hybridized carbons (Fsp3) is 0.500. The molecule has 1 aromatic rings. The standard InChI is InChI=1S/C12H19ClN2O2S2/c1-4-10(7-18-3)15-19(16,17)12-6-9(13)5-11(14)8(12)2/h5-6,10,15H,4,7,14H2,1-3H3. The minimum atomic E-state index is -3.60. The summed E-state index contributed by atoms with van der Waals surface area (Å²) in [6.07, 6.45) is 2.68. The molecule has 3 N–H and O–H groups in total. The summed E-state index contributed by atoms with van der Waals surface area (Å²) in [4.78, 5) is 0.150. The minimum Gasteiger partial charge on any atom is -0.398 e. The molecule has 0 aromatic heterocycles. The van der Waals surface area contributed by atoms with Crippen LogP contribution >= 0.6 is 23.4 Å². The Bertz CT molecular complexity index is 547. The normalized spacial score (nSPS) is 13.5. The van der Waals surface area contributed by atoms with Crippen molar-refractivity contribution in [1.82, 2.24) is 4.72 Å². The number of sulfonamides is 1. The van der Waals surface area contributed by atoms with Crippen molar-refractivity contribution in [3.05, 3.63) is 22.7 Å². The molecule has 1 rings (SSSR count). The van der Waals surface area contributed by atoms with Gasteiger partial charge in [0, 0.05) is 22.5 Å². The Balaban J connectivity index is 3.13. The van der Waals surface area contributed by atoms with Crippen LogP contribution in [0, 0.1) is 6.92 Å². The predicted molar refractivity (Wildman–Crippen MR) is 83.4 cm³/mol. The van der Waals surface area contributed by atoms with E-state index in [0.717, 1.165) is 12.2 Å². The summed E-state index contributed by atoms with van der Waals surface area (Å²) in [6, 6.07) is 2.89. The van der Waals surface area contributed by atoms with Gasteiger partial charge in [-0.05, 0) is 37.3 Å². The molecule has 0 saturated carbocycles. The van der Waals surface area contributed by atoms with Gasteiger partial charge in [0.05, 0.1) is 4.90 Å². The third kappa shape index (κ3) is 4.27. The van der Waals surface area contributed by atoms with Gasteiger partial charge in [0.25, 0.3) is 0 Å². The van der Waals surface area contributed by atoms with Gasteiger partial charge in [-0.15, -0.1) is 0 Å². The quantitative estimate of drug-likeness (QED) is 0.790. The van der Waals surface area contributed by atoms with Crippen LogP contribution in [0.25, 0.3) is 0 Å². The zero-order valence-corrected chi connectivity index (χ0v) is 13.6. The molecular formula is C12H19ClN2O2S2. The van der Waals surface area contributed by atoms with Gasteiger partial charge in [-0.25, -0.2) is 13.1 Å². The van der Waals surface area contributed by atoms with Crippen LogP contribution in [0.3, 0.4) is 0 Å². The largest absolute Gasteiger partial charge is 0.398 e. The fourth-order valence-electron chi connectivity index (χ4n) is 1.67. The van der Waals surface area contributed by atoms with Crippen molar-refractivity contribution in [2.24, 2.45) is 0 Å². The van der Waals surface area contributed by atoms with Crippen LogP contribution in [0.1, 0.15) is 18.9 Å². The van der Waals surface area contributed by atoms with Crippen molar-refractivity contribution in [2.75, 3.05) is 17.7 Å². The number of hydrogen-bond acceptors (Lipinski definition) is 4. The zero-order chi connectivity index (χ0) is 14.6. The maximum atomic E-state index is 12.4. The summed E-state index contributed by atoms with van der Waals surface area (Å²) in [7, 11) is -3.60. The molecule has 0 aliphatic carbocycles. The van der Waals surface area contributed by atoms with E-state index in [1.165, 1.54) is 6.07 Å². The van der Waals surface area contributed by atoms with Gasteiger partial charge in [0.2, 0.25) is 10.0 Å². The summed E-state index contributed by atoms with van der Waals surface area (Å²) in [5.74, 6) is 0.727. The van der Waals surface area contributed by atoms with E-state index >= 15 is 0 Å². The molecule has 0 radical (unpaired) electrons. The van der Waals surface area contributed by atoms with Crippen LogP contribution in [0.4, 0.5) is 5.69 Å². The molecule has 1 atom stereocenters. The molecule has 0 aliphatic heterocycles. The number of nitrogens with one attached hydrogen (secondary N) is 1. The SMILES string of the molecule is CCC(CSC)NS(=O)(=O)c1cc(Cl)cc(N)c1C. The van der Waals surface area contributed by atoms with Crippen molar-refractivity contribution in [2.45, 2.75) is 31.2 Å². The number of anilines is 1. The maximum absolute atomic E-state index is 12.4. The summed E-state index contributed by atoms with van der Waals surface area (Å²) in [5, 5.41) is 0.321. The van der Waals surface area contributed by atoms with E-state index in [-0.39, 0.29) is 10.9 Å². The van der Waals surface area contributed by atoms with Gasteiger partial charge in [-0.3, -0.25) is 0 Å². The van der Waals surface area contributed by atoms with Crippen LogP contribution in [-0.4, -0.2) is 26.5 Å². The highest BCUT2D eigenvalue weighted by molar-refractivity contribution is 7.98. The lowest BCUT2D eigenvalue weighted by Crippen LogP contribution is -2.36. The Labute approximate surface area is 124 Å². The smallest absolute Gasteiger partial charge is 0.241 e. The van der Waals surface area contributed by atoms with Crippen LogP contribution < -0.4 is 10.5 Å². The first-order valence-electron chi connectivity index (χ1n) is 5.88. The highest BCUT2D eigenvalue weighted by Gasteiger charge is 2.22. The van der Waals surface area contributed by atoms with Gasteiger partial charge < -0.3 is 5.73 Å². The lowest BCUT2D eigenvalue weighted by molar-refractivity contribution is 0.557. The molecule has 19 heavy (non-hydrogen) atoms. The molecule has 0 bridgehead atoms. The lowest BCUT2D eigenvalue weighted by Gasteiger charge is -2.17. The molecule has 7 heteroatoms. The van der Waals surface area contributed by atoms with E-state index in [9.17, 15) is 8.42 Å². The predicted octanol–water partition coefficient (Wildman–Crippen LogP) is 2.65. The molecule has 0 fully saturated rings. The molecular weight excluding hydrogens is 304 g/mol. The van der Waals surface area contributed by atoms with Crippen molar-refractivity contribution < 1.29 is 8.42 Å². The first-order valence-corrected chi connectivity index (χ1v) is 9.14. The molecule has 0 heterocycles. The Morgan fingerprint density at radius 2 is 2.11 bits per heavy atom. The molecule has 0 saturated heterocycles. The summed E-state index contributed by atoms with van der Waals surface area (Å²) in [5.41, 5.74) is 6.66. The van der Waals surface area contributed by atoms with E-state index < -0.39 is 10.0 Å². The van der Waals surface area contributed by atoms with Gasteiger partial charge in [-0.2, -0.15) is 11.8 Å². The van der Waals surface area contributed by atoms with E-state index in [1.54, 1.807) is 24.8 Å². The first kappa shape index (κ1) is 16.6. The average Bonchev–Trinajstić information content (AvgIpc) is 2.32. The average molecular weight is 323 g/mol. The van der Waals surface area contributed by atoms with Gasteiger partial charge in [-0.1, -0.05) is 18.5 Å². The van der Waals surface area contributed by atoms with E-state index in [1.807, 2.05) is 13.2 Å². The number of nitrogen functional groups attached to an aromatic ring is 1. The monoisotopic (exact) mass is 322 g/mol. The molecule has 108 valence electrons. The third-order valence-electron chi connectivity index (χ3n) is 2.84. The molecule has 1 unspecified atom stereocenters. The lowest BCUT2D eigenvalue weighted by atomic mass is 10.2. The van der Waals surface area contributed by atoms with Gasteiger partial charge in [0.1, 0.15) is 0 Å². The number of benzene rings is 1. The Kier molecular flexibility index (Phi) is 5.98. The topological polar surface area (TPSA) is 72.2 Å². The second-order valence-corrected chi connectivity index (χ2v) is 7.33. The van der Waals surface area contributed by atoms with Crippen LogP contribution in [0.2, 0.25) is 5.02 Å². The second-order valence-electron chi connectivity index (χ2n) is 4.30. The molecule has 0 amide bonds. The number of hydrogen-bond donors (Lipinski definition) is 2. The number of thioether (sulfide) groups is 1. The number of halogens is 1. The highest BCUT2D eigenvalue weighted by atomic mass is 35.5. The van der Waals surface area contributed by atoms with Crippen molar-refractivity contribution in [1.29, 1.82) is 0 Å². The zero-order valence-electron chi connectivity index (χ0n) is 11.2. The Hall–Kier alpha value is -0.430. The van der Waals surface area contributed by atoms with Crippen LogP contribution in [0.15, 0.2) is 17.0 Å². The number of rotatable bonds is 6. The second kappa shape index (κ2) is 6.83. The van der Waals surface area contributed by atoms with Crippen molar-refractivity contribution >= 4 is 39.1 Å². The van der Waals surface area contributed by atoms with Crippen molar-refractivity contribution in [3.8, 4) is 0 Å². The summed E-state index contributed by atoms with van der Waals surface area (Å²) >= 11 is 7.49. The van der Waals surface area contributed by atoms with Gasteiger partial charge in [0.15, 0.2) is 0 Å². The highest BCUT2D eigenvalue weighted by Crippen LogP contribution is 2.26. The molecule has 1 aromatic carbocycles. The van der Waals surface area contributed by atoms with Crippen molar-refractivity contribution in [3.63, 3.8) is 0 Å². The van der Waals surface area contributed by atoms with Crippen LogP contribution in [0.5, 0.6) is 0 Å².